The number of nitrogens with one attached hydrogen (secondary N) is 1. The van der Waals surface area contributed by atoms with Crippen LogP contribution in [0.3, 0.4) is 0 Å². The summed E-state index contributed by atoms with van der Waals surface area (Å²) in [6.45, 7) is 3.68. The van der Waals surface area contributed by atoms with Gasteiger partial charge in [-0.15, -0.1) is 0 Å². The number of benzene rings is 2. The number of aromatic nitrogens is 3. The first-order valence-electron chi connectivity index (χ1n) is 9.63. The lowest BCUT2D eigenvalue weighted by molar-refractivity contribution is -0.137. The summed E-state index contributed by atoms with van der Waals surface area (Å²) in [4.78, 5) is 17.7. The van der Waals surface area contributed by atoms with E-state index in [-0.39, 0.29) is 12.4 Å². The molecule has 4 aromatic rings. The third-order valence-corrected chi connectivity index (χ3v) is 5.48. The van der Waals surface area contributed by atoms with Gasteiger partial charge in [-0.25, -0.2) is 4.79 Å². The molecule has 1 atom stereocenters. The van der Waals surface area contributed by atoms with Crippen molar-refractivity contribution in [2.75, 3.05) is 6.61 Å². The summed E-state index contributed by atoms with van der Waals surface area (Å²) in [5, 5.41) is 8.98. The molecule has 0 fully saturated rings. The molecule has 0 saturated heterocycles. The molecule has 2 aromatic heterocycles. The van der Waals surface area contributed by atoms with Crippen LogP contribution in [0, 0.1) is 13.8 Å². The fourth-order valence-corrected chi connectivity index (χ4v) is 4.06. The Morgan fingerprint density at radius 1 is 1.16 bits per heavy atom. The van der Waals surface area contributed by atoms with Gasteiger partial charge in [-0.2, -0.15) is 23.0 Å². The second kappa shape index (κ2) is 6.69. The summed E-state index contributed by atoms with van der Waals surface area (Å²) in [5.74, 6) is 0.116. The van der Waals surface area contributed by atoms with Crippen LogP contribution < -0.4 is 10.1 Å². The molecule has 31 heavy (non-hydrogen) atoms. The number of para-hydroxylation sites is 1. The summed E-state index contributed by atoms with van der Waals surface area (Å²) in [6.07, 6.45) is -4.46. The molecule has 158 valence electrons. The molecule has 2 aromatic carbocycles. The van der Waals surface area contributed by atoms with Crippen LogP contribution in [0.4, 0.5) is 18.0 Å². The molecule has 6 nitrogen and oxygen atoms in total. The number of alkyl halides is 3. The number of pyridine rings is 1. The number of carbonyl (C=O) groups excluding carboxylic acids is 1. The fraction of sp³-hybridized carbons (Fsp3) is 0.227. The molecule has 0 spiro atoms. The van der Waals surface area contributed by atoms with Gasteiger partial charge in [-0.05, 0) is 32.0 Å². The Bertz CT molecular complexity index is 1360. The van der Waals surface area contributed by atoms with Gasteiger partial charge in [0.2, 0.25) is 0 Å². The van der Waals surface area contributed by atoms with Gasteiger partial charge in [-0.3, -0.25) is 4.98 Å². The minimum atomic E-state index is -4.46. The van der Waals surface area contributed by atoms with E-state index in [0.717, 1.165) is 28.4 Å². The molecule has 0 radical (unpaired) electrons. The number of ether oxygens (including phenoxy) is 1. The summed E-state index contributed by atoms with van der Waals surface area (Å²) in [5.41, 5.74) is 2.46. The molecule has 0 unspecified atom stereocenters. The highest BCUT2D eigenvalue weighted by Gasteiger charge is 2.34. The zero-order valence-electron chi connectivity index (χ0n) is 16.6. The quantitative estimate of drug-likeness (QED) is 0.470. The van der Waals surface area contributed by atoms with E-state index in [4.69, 9.17) is 4.74 Å². The summed E-state index contributed by atoms with van der Waals surface area (Å²) in [6, 6.07) is 9.82. The second-order valence-electron chi connectivity index (χ2n) is 7.50. The van der Waals surface area contributed by atoms with Crippen LogP contribution in [-0.2, 0) is 6.18 Å². The van der Waals surface area contributed by atoms with Gasteiger partial charge >= 0.3 is 12.2 Å². The molecule has 9 heteroatoms. The molecular formula is C22H17F3N4O2. The number of amides is 1. The van der Waals surface area contributed by atoms with Gasteiger partial charge in [0.05, 0.1) is 28.5 Å². The number of rotatable bonds is 1. The van der Waals surface area contributed by atoms with Gasteiger partial charge < -0.3 is 10.1 Å². The van der Waals surface area contributed by atoms with Crippen molar-refractivity contribution in [2.24, 2.45) is 0 Å². The summed E-state index contributed by atoms with van der Waals surface area (Å²) < 4.78 is 45.5. The predicted octanol–water partition coefficient (Wildman–Crippen LogP) is 4.91. The van der Waals surface area contributed by atoms with E-state index in [1.165, 1.54) is 10.7 Å². The Hall–Kier alpha value is -3.62. The highest BCUT2D eigenvalue weighted by molar-refractivity contribution is 6.08. The van der Waals surface area contributed by atoms with E-state index in [1.54, 1.807) is 0 Å². The Labute approximate surface area is 174 Å². The van der Waals surface area contributed by atoms with E-state index >= 15 is 0 Å². The van der Waals surface area contributed by atoms with Crippen LogP contribution in [0.2, 0.25) is 0 Å². The average molecular weight is 426 g/mol. The van der Waals surface area contributed by atoms with Crippen molar-refractivity contribution < 1.29 is 22.7 Å². The standard InChI is InChI=1S/C22H17F3N4O2/c1-11-19-15-5-3-4-6-16(15)26-12(2)20(19)29(28-11)21(30)27-17-10-31-18-9-13(22(23,24)25)7-8-14(17)18/h3-9,17H,10H2,1-2H3,(H,27,30)/t17-/m1/s1. The number of nitrogens with zero attached hydrogens (tertiary/aromatic N) is 3. The number of fused-ring (bicyclic) bond motifs is 4. The van der Waals surface area contributed by atoms with Gasteiger partial charge in [0, 0.05) is 16.3 Å². The first-order chi connectivity index (χ1) is 14.7. The number of hydrogen-bond donors (Lipinski definition) is 1. The fourth-order valence-electron chi connectivity index (χ4n) is 4.06. The van der Waals surface area contributed by atoms with Crippen LogP contribution >= 0.6 is 0 Å². The first-order valence-corrected chi connectivity index (χ1v) is 9.63. The van der Waals surface area contributed by atoms with Crippen molar-refractivity contribution in [3.05, 3.63) is 65.0 Å². The zero-order chi connectivity index (χ0) is 21.9. The molecular weight excluding hydrogens is 409 g/mol. The molecule has 1 amide bonds. The number of halogens is 3. The van der Waals surface area contributed by atoms with Gasteiger partial charge in [0.1, 0.15) is 17.9 Å². The van der Waals surface area contributed by atoms with Gasteiger partial charge in [-0.1, -0.05) is 24.3 Å². The highest BCUT2D eigenvalue weighted by atomic mass is 19.4. The number of hydrogen-bond acceptors (Lipinski definition) is 4. The van der Waals surface area contributed by atoms with Crippen molar-refractivity contribution in [1.29, 1.82) is 0 Å². The van der Waals surface area contributed by atoms with Crippen molar-refractivity contribution in [3.63, 3.8) is 0 Å². The minimum absolute atomic E-state index is 0.0424. The minimum Gasteiger partial charge on any atom is -0.491 e. The Morgan fingerprint density at radius 2 is 1.94 bits per heavy atom. The molecule has 1 aliphatic rings. The van der Waals surface area contributed by atoms with Crippen LogP contribution in [-0.4, -0.2) is 27.4 Å². The largest absolute Gasteiger partial charge is 0.491 e. The smallest absolute Gasteiger partial charge is 0.416 e. The Kier molecular flexibility index (Phi) is 4.18. The zero-order valence-corrected chi connectivity index (χ0v) is 16.6. The molecule has 0 saturated carbocycles. The average Bonchev–Trinajstić information content (AvgIpc) is 3.29. The molecule has 0 aliphatic carbocycles. The third-order valence-electron chi connectivity index (χ3n) is 5.48. The normalized spacial score (nSPS) is 15.8. The van der Waals surface area contributed by atoms with E-state index in [9.17, 15) is 18.0 Å². The SMILES string of the molecule is Cc1nn(C(=O)N[C@@H]2COc3cc(C(F)(F)F)ccc32)c2c(C)nc3ccccc3c12. The predicted molar refractivity (Wildman–Crippen MR) is 108 cm³/mol. The molecule has 1 aliphatic heterocycles. The molecule has 3 heterocycles. The van der Waals surface area contributed by atoms with Gasteiger partial charge in [0.15, 0.2) is 0 Å². The maximum atomic E-state index is 13.1. The topological polar surface area (TPSA) is 69.0 Å². The lowest BCUT2D eigenvalue weighted by Gasteiger charge is -2.13. The lowest BCUT2D eigenvalue weighted by Crippen LogP contribution is -2.34. The van der Waals surface area contributed by atoms with Crippen molar-refractivity contribution >= 4 is 27.8 Å². The molecule has 0 bridgehead atoms. The second-order valence-corrected chi connectivity index (χ2v) is 7.50. The lowest BCUT2D eigenvalue weighted by atomic mass is 10.1. The highest BCUT2D eigenvalue weighted by Crippen LogP contribution is 2.38. The van der Waals surface area contributed by atoms with Crippen LogP contribution in [0.25, 0.3) is 21.8 Å². The van der Waals surface area contributed by atoms with Crippen LogP contribution in [0.15, 0.2) is 42.5 Å². The van der Waals surface area contributed by atoms with Crippen molar-refractivity contribution in [2.45, 2.75) is 26.1 Å². The maximum absolute atomic E-state index is 13.1. The molecule has 1 N–H and O–H groups in total. The number of aryl methyl sites for hydroxylation is 2. The van der Waals surface area contributed by atoms with E-state index in [2.05, 4.69) is 15.4 Å². The van der Waals surface area contributed by atoms with E-state index < -0.39 is 23.8 Å². The number of carbonyl (C=O) groups is 1. The molecule has 5 rings (SSSR count). The Morgan fingerprint density at radius 3 is 2.71 bits per heavy atom. The summed E-state index contributed by atoms with van der Waals surface area (Å²) >= 11 is 0. The summed E-state index contributed by atoms with van der Waals surface area (Å²) in [7, 11) is 0. The van der Waals surface area contributed by atoms with Crippen LogP contribution in [0.1, 0.15) is 28.6 Å². The van der Waals surface area contributed by atoms with E-state index in [1.807, 2.05) is 38.1 Å². The Balaban J connectivity index is 1.51. The van der Waals surface area contributed by atoms with Gasteiger partial charge in [0.25, 0.3) is 0 Å². The first kappa shape index (κ1) is 19.3. The van der Waals surface area contributed by atoms with Crippen molar-refractivity contribution in [1.82, 2.24) is 20.1 Å². The maximum Gasteiger partial charge on any atom is 0.416 e. The van der Waals surface area contributed by atoms with Crippen LogP contribution in [0.5, 0.6) is 5.75 Å². The third kappa shape index (κ3) is 3.08. The monoisotopic (exact) mass is 426 g/mol. The van der Waals surface area contributed by atoms with Crippen molar-refractivity contribution in [3.8, 4) is 5.75 Å². The van der Waals surface area contributed by atoms with E-state index in [0.29, 0.717) is 22.5 Å².